The van der Waals surface area contributed by atoms with Crippen LogP contribution in [0.3, 0.4) is 0 Å². The lowest BCUT2D eigenvalue weighted by molar-refractivity contribution is 0.0691. The molecule has 0 aromatic carbocycles. The van der Waals surface area contributed by atoms with Gasteiger partial charge in [0.2, 0.25) is 10.0 Å². The Labute approximate surface area is 124 Å². The SMILES string of the molecule is CN(C)CC1CCN(S(=O)(=O)c2c[nH]c(C(=O)O)c2)CC1. The van der Waals surface area contributed by atoms with Crippen LogP contribution in [0.4, 0.5) is 0 Å². The van der Waals surface area contributed by atoms with Gasteiger partial charge in [-0.2, -0.15) is 4.31 Å². The molecule has 2 rings (SSSR count). The number of hydrogen-bond donors (Lipinski definition) is 2. The first kappa shape index (κ1) is 16.0. The molecule has 1 aromatic heterocycles. The van der Waals surface area contributed by atoms with Gasteiger partial charge in [-0.15, -0.1) is 0 Å². The Morgan fingerprint density at radius 2 is 2.05 bits per heavy atom. The van der Waals surface area contributed by atoms with Crippen LogP contribution >= 0.6 is 0 Å². The van der Waals surface area contributed by atoms with Gasteiger partial charge in [0, 0.05) is 25.8 Å². The van der Waals surface area contributed by atoms with Crippen molar-refractivity contribution in [2.75, 3.05) is 33.7 Å². The molecular weight excluding hydrogens is 294 g/mol. The second kappa shape index (κ2) is 6.17. The number of carboxylic acids is 1. The molecule has 7 nitrogen and oxygen atoms in total. The van der Waals surface area contributed by atoms with Crippen LogP contribution in [0.1, 0.15) is 23.3 Å². The molecule has 1 aromatic rings. The van der Waals surface area contributed by atoms with Crippen LogP contribution in [0, 0.1) is 5.92 Å². The van der Waals surface area contributed by atoms with E-state index in [4.69, 9.17) is 5.11 Å². The molecule has 21 heavy (non-hydrogen) atoms. The summed E-state index contributed by atoms with van der Waals surface area (Å²) in [6, 6.07) is 1.17. The van der Waals surface area contributed by atoms with E-state index in [2.05, 4.69) is 9.88 Å². The second-order valence-corrected chi connectivity index (χ2v) is 7.60. The highest BCUT2D eigenvalue weighted by Gasteiger charge is 2.30. The zero-order chi connectivity index (χ0) is 15.6. The number of aromatic carboxylic acids is 1. The van der Waals surface area contributed by atoms with Gasteiger partial charge in [0.1, 0.15) is 10.6 Å². The summed E-state index contributed by atoms with van der Waals surface area (Å²) < 4.78 is 26.3. The van der Waals surface area contributed by atoms with Gasteiger partial charge in [-0.1, -0.05) is 0 Å². The highest BCUT2D eigenvalue weighted by Crippen LogP contribution is 2.24. The highest BCUT2D eigenvalue weighted by molar-refractivity contribution is 7.89. The van der Waals surface area contributed by atoms with E-state index in [1.54, 1.807) is 0 Å². The minimum absolute atomic E-state index is 0.0194. The van der Waals surface area contributed by atoms with Gasteiger partial charge in [0.05, 0.1) is 0 Å². The van der Waals surface area contributed by atoms with Crippen LogP contribution in [0.15, 0.2) is 17.2 Å². The zero-order valence-electron chi connectivity index (χ0n) is 12.2. The summed E-state index contributed by atoms with van der Waals surface area (Å²) in [7, 11) is 0.419. The molecule has 1 saturated heterocycles. The van der Waals surface area contributed by atoms with E-state index in [0.29, 0.717) is 19.0 Å². The van der Waals surface area contributed by atoms with Crippen LogP contribution in [-0.4, -0.2) is 67.4 Å². The van der Waals surface area contributed by atoms with Crippen LogP contribution in [0.25, 0.3) is 0 Å². The molecule has 0 atom stereocenters. The van der Waals surface area contributed by atoms with Gasteiger partial charge in [0.15, 0.2) is 0 Å². The van der Waals surface area contributed by atoms with E-state index >= 15 is 0 Å². The number of H-pyrrole nitrogens is 1. The van der Waals surface area contributed by atoms with Crippen molar-refractivity contribution in [2.45, 2.75) is 17.7 Å². The van der Waals surface area contributed by atoms with Crippen LogP contribution in [-0.2, 0) is 10.0 Å². The Hall–Kier alpha value is -1.38. The summed E-state index contributed by atoms with van der Waals surface area (Å²) in [6.07, 6.45) is 2.89. The minimum Gasteiger partial charge on any atom is -0.477 e. The number of hydrogen-bond acceptors (Lipinski definition) is 4. The first-order valence-electron chi connectivity index (χ1n) is 6.87. The number of carboxylic acid groups (broad SMARTS) is 1. The molecule has 1 aliphatic rings. The van der Waals surface area contributed by atoms with Gasteiger partial charge in [-0.05, 0) is 38.9 Å². The Balaban J connectivity index is 2.05. The summed E-state index contributed by atoms with van der Waals surface area (Å²) in [5.41, 5.74) is -0.115. The Morgan fingerprint density at radius 3 is 2.52 bits per heavy atom. The maximum Gasteiger partial charge on any atom is 0.352 e. The molecule has 8 heteroatoms. The molecule has 0 aliphatic carbocycles. The molecule has 0 spiro atoms. The molecular formula is C13H21N3O4S. The maximum atomic E-state index is 12.5. The number of aromatic nitrogens is 1. The Morgan fingerprint density at radius 1 is 1.43 bits per heavy atom. The summed E-state index contributed by atoms with van der Waals surface area (Å²) in [4.78, 5) is 15.4. The number of nitrogens with zero attached hydrogens (tertiary/aromatic N) is 2. The molecule has 0 bridgehead atoms. The number of aromatic amines is 1. The van der Waals surface area contributed by atoms with Gasteiger partial charge in [0.25, 0.3) is 0 Å². The molecule has 0 amide bonds. The predicted octanol–water partition coefficient (Wildman–Crippen LogP) is 0.675. The van der Waals surface area contributed by atoms with Crippen molar-refractivity contribution >= 4 is 16.0 Å². The third-order valence-corrected chi connectivity index (χ3v) is 5.60. The number of rotatable bonds is 5. The summed E-state index contributed by atoms with van der Waals surface area (Å²) in [6.45, 7) is 1.92. The average Bonchev–Trinajstić information content (AvgIpc) is 2.89. The van der Waals surface area contributed by atoms with Crippen molar-refractivity contribution in [3.8, 4) is 0 Å². The lowest BCUT2D eigenvalue weighted by Gasteiger charge is -2.32. The van der Waals surface area contributed by atoms with Gasteiger partial charge >= 0.3 is 5.97 Å². The third-order valence-electron chi connectivity index (χ3n) is 3.72. The number of sulfonamides is 1. The number of piperidine rings is 1. The first-order valence-corrected chi connectivity index (χ1v) is 8.31. The molecule has 118 valence electrons. The standard InChI is InChI=1S/C13H21N3O4S/c1-15(2)9-10-3-5-16(6-4-10)21(19,20)11-7-12(13(17)18)14-8-11/h7-8,10,14H,3-6,9H2,1-2H3,(H,17,18). The van der Waals surface area contributed by atoms with Gasteiger partial charge in [-0.3, -0.25) is 0 Å². The fourth-order valence-electron chi connectivity index (χ4n) is 2.64. The van der Waals surface area contributed by atoms with Crippen molar-refractivity contribution in [3.63, 3.8) is 0 Å². The fraction of sp³-hybridized carbons (Fsp3) is 0.615. The number of carbonyl (C=O) groups is 1. The second-order valence-electron chi connectivity index (χ2n) is 5.66. The first-order chi connectivity index (χ1) is 9.80. The molecule has 0 unspecified atom stereocenters. The molecule has 1 fully saturated rings. The minimum atomic E-state index is -3.60. The van der Waals surface area contributed by atoms with Crippen molar-refractivity contribution in [3.05, 3.63) is 18.0 Å². The molecule has 0 saturated carbocycles. The van der Waals surface area contributed by atoms with Crippen LogP contribution in [0.2, 0.25) is 0 Å². The Kier molecular flexibility index (Phi) is 4.70. The summed E-state index contributed by atoms with van der Waals surface area (Å²) in [5, 5.41) is 8.85. The Bertz CT molecular complexity index is 601. The van der Waals surface area contributed by atoms with Crippen LogP contribution < -0.4 is 0 Å². The topological polar surface area (TPSA) is 93.7 Å². The number of nitrogens with one attached hydrogen (secondary N) is 1. The summed E-state index contributed by atoms with van der Waals surface area (Å²) in [5.74, 6) is -0.659. The van der Waals surface area contributed by atoms with Gasteiger partial charge < -0.3 is 15.0 Å². The lowest BCUT2D eigenvalue weighted by atomic mass is 9.98. The van der Waals surface area contributed by atoms with Crippen molar-refractivity contribution < 1.29 is 18.3 Å². The van der Waals surface area contributed by atoms with E-state index < -0.39 is 16.0 Å². The lowest BCUT2D eigenvalue weighted by Crippen LogP contribution is -2.40. The van der Waals surface area contributed by atoms with Crippen LogP contribution in [0.5, 0.6) is 0 Å². The monoisotopic (exact) mass is 315 g/mol. The quantitative estimate of drug-likeness (QED) is 0.833. The third kappa shape index (κ3) is 3.63. The van der Waals surface area contributed by atoms with Crippen molar-refractivity contribution in [1.82, 2.24) is 14.2 Å². The van der Waals surface area contributed by atoms with E-state index in [9.17, 15) is 13.2 Å². The smallest absolute Gasteiger partial charge is 0.352 e. The zero-order valence-corrected chi connectivity index (χ0v) is 13.1. The highest BCUT2D eigenvalue weighted by atomic mass is 32.2. The fourth-order valence-corrected chi connectivity index (χ4v) is 4.11. The van der Waals surface area contributed by atoms with Crippen molar-refractivity contribution in [2.24, 2.45) is 5.92 Å². The normalized spacial score (nSPS) is 18.2. The molecule has 1 aliphatic heterocycles. The largest absolute Gasteiger partial charge is 0.477 e. The van der Waals surface area contributed by atoms with Crippen molar-refractivity contribution in [1.29, 1.82) is 0 Å². The molecule has 0 radical (unpaired) electrons. The van der Waals surface area contributed by atoms with E-state index in [0.717, 1.165) is 19.4 Å². The van der Waals surface area contributed by atoms with E-state index in [1.807, 2.05) is 14.1 Å². The maximum absolute atomic E-state index is 12.5. The molecule has 2 heterocycles. The average molecular weight is 315 g/mol. The molecule has 2 N–H and O–H groups in total. The summed E-state index contributed by atoms with van der Waals surface area (Å²) >= 11 is 0. The van der Waals surface area contributed by atoms with E-state index in [-0.39, 0.29) is 10.6 Å². The van der Waals surface area contributed by atoms with Gasteiger partial charge in [-0.25, -0.2) is 13.2 Å². The van der Waals surface area contributed by atoms with E-state index in [1.165, 1.54) is 16.6 Å². The predicted molar refractivity (Wildman–Crippen MR) is 77.8 cm³/mol.